The van der Waals surface area contributed by atoms with Crippen LogP contribution in [0.25, 0.3) is 0 Å². The van der Waals surface area contributed by atoms with Crippen molar-refractivity contribution in [3.8, 4) is 0 Å². The van der Waals surface area contributed by atoms with Gasteiger partial charge in [-0.2, -0.15) is 5.10 Å². The van der Waals surface area contributed by atoms with Crippen molar-refractivity contribution in [1.29, 1.82) is 0 Å². The normalized spacial score (nSPS) is 9.77. The van der Waals surface area contributed by atoms with Crippen LogP contribution in [-0.4, -0.2) is 9.78 Å². The Morgan fingerprint density at radius 1 is 1.38 bits per heavy atom. The van der Waals surface area contributed by atoms with Gasteiger partial charge in [0.15, 0.2) is 0 Å². The van der Waals surface area contributed by atoms with Crippen molar-refractivity contribution in [2.45, 2.75) is 41.0 Å². The molecule has 1 aromatic heterocycles. The number of hydrogen-bond donors (Lipinski definition) is 0. The Morgan fingerprint density at radius 2 is 1.92 bits per heavy atom. The summed E-state index contributed by atoms with van der Waals surface area (Å²) in [5.74, 6) is 0.713. The summed E-state index contributed by atoms with van der Waals surface area (Å²) in [6.45, 7) is 10.5. The zero-order valence-corrected chi connectivity index (χ0v) is 9.76. The maximum atomic E-state index is 4.28. The van der Waals surface area contributed by atoms with E-state index in [1.54, 1.807) is 0 Å². The molecule has 0 spiro atoms. The molecule has 13 heavy (non-hydrogen) atoms. The SMILES string of the molecule is CC.Cc1cc(CC(C)C)n(C)n1. The highest BCUT2D eigenvalue weighted by Crippen LogP contribution is 2.08. The van der Waals surface area contributed by atoms with E-state index in [1.807, 2.05) is 32.5 Å². The summed E-state index contributed by atoms with van der Waals surface area (Å²) < 4.78 is 1.97. The molecule has 76 valence electrons. The minimum atomic E-state index is 0.713. The van der Waals surface area contributed by atoms with Gasteiger partial charge in [-0.15, -0.1) is 0 Å². The molecule has 0 saturated carbocycles. The Hall–Kier alpha value is -0.790. The quantitative estimate of drug-likeness (QED) is 0.687. The van der Waals surface area contributed by atoms with Crippen LogP contribution in [-0.2, 0) is 13.5 Å². The zero-order chi connectivity index (χ0) is 10.4. The Kier molecular flexibility index (Phi) is 5.44. The molecule has 0 N–H and O–H groups in total. The largest absolute Gasteiger partial charge is 0.272 e. The molecule has 2 nitrogen and oxygen atoms in total. The molecule has 1 aromatic rings. The fourth-order valence-electron chi connectivity index (χ4n) is 1.27. The van der Waals surface area contributed by atoms with Crippen LogP contribution in [0.2, 0.25) is 0 Å². The van der Waals surface area contributed by atoms with Crippen molar-refractivity contribution in [2.24, 2.45) is 13.0 Å². The molecular formula is C11H22N2. The van der Waals surface area contributed by atoms with Crippen molar-refractivity contribution in [2.75, 3.05) is 0 Å². The number of aryl methyl sites for hydroxylation is 2. The monoisotopic (exact) mass is 182 g/mol. The van der Waals surface area contributed by atoms with E-state index in [-0.39, 0.29) is 0 Å². The molecule has 0 saturated heterocycles. The maximum absolute atomic E-state index is 4.28. The molecule has 0 fully saturated rings. The van der Waals surface area contributed by atoms with E-state index in [9.17, 15) is 0 Å². The second kappa shape index (κ2) is 5.79. The van der Waals surface area contributed by atoms with E-state index >= 15 is 0 Å². The fraction of sp³-hybridized carbons (Fsp3) is 0.727. The van der Waals surface area contributed by atoms with Crippen LogP contribution in [0.5, 0.6) is 0 Å². The summed E-state index contributed by atoms with van der Waals surface area (Å²) in [5, 5.41) is 4.28. The van der Waals surface area contributed by atoms with Crippen LogP contribution in [0, 0.1) is 12.8 Å². The Labute approximate surface area is 82.0 Å². The van der Waals surface area contributed by atoms with E-state index < -0.39 is 0 Å². The van der Waals surface area contributed by atoms with E-state index in [4.69, 9.17) is 0 Å². The van der Waals surface area contributed by atoms with Crippen LogP contribution in [0.4, 0.5) is 0 Å². The molecule has 0 atom stereocenters. The Morgan fingerprint density at radius 3 is 2.23 bits per heavy atom. The van der Waals surface area contributed by atoms with Gasteiger partial charge in [-0.1, -0.05) is 27.7 Å². The van der Waals surface area contributed by atoms with E-state index in [0.29, 0.717) is 5.92 Å². The standard InChI is InChI=1S/C9H16N2.C2H6/c1-7(2)5-9-6-8(3)10-11(9)4;1-2/h6-7H,5H2,1-4H3;1-2H3. The van der Waals surface area contributed by atoms with Gasteiger partial charge in [0, 0.05) is 12.7 Å². The molecule has 0 unspecified atom stereocenters. The van der Waals surface area contributed by atoms with Gasteiger partial charge in [0.05, 0.1) is 5.69 Å². The van der Waals surface area contributed by atoms with Crippen LogP contribution in [0.3, 0.4) is 0 Å². The number of aromatic nitrogens is 2. The van der Waals surface area contributed by atoms with Gasteiger partial charge in [-0.05, 0) is 25.3 Å². The van der Waals surface area contributed by atoms with Gasteiger partial charge in [0.2, 0.25) is 0 Å². The second-order valence-electron chi connectivity index (χ2n) is 3.50. The van der Waals surface area contributed by atoms with Crippen LogP contribution < -0.4 is 0 Å². The first-order valence-electron chi connectivity index (χ1n) is 5.09. The lowest BCUT2D eigenvalue weighted by molar-refractivity contribution is 0.595. The van der Waals surface area contributed by atoms with Crippen molar-refractivity contribution in [1.82, 2.24) is 9.78 Å². The molecule has 2 heteroatoms. The lowest BCUT2D eigenvalue weighted by atomic mass is 10.1. The first-order valence-corrected chi connectivity index (χ1v) is 5.09. The summed E-state index contributed by atoms with van der Waals surface area (Å²) in [4.78, 5) is 0. The van der Waals surface area contributed by atoms with Gasteiger partial charge in [0.25, 0.3) is 0 Å². The third kappa shape index (κ3) is 4.11. The van der Waals surface area contributed by atoms with E-state index in [2.05, 4.69) is 25.0 Å². The Bertz CT molecular complexity index is 236. The maximum Gasteiger partial charge on any atom is 0.0596 e. The predicted octanol–water partition coefficient (Wildman–Crippen LogP) is 2.95. The molecule has 0 bridgehead atoms. The van der Waals surface area contributed by atoms with Gasteiger partial charge in [0.1, 0.15) is 0 Å². The number of rotatable bonds is 2. The molecule has 1 rings (SSSR count). The fourth-order valence-corrected chi connectivity index (χ4v) is 1.27. The smallest absolute Gasteiger partial charge is 0.0596 e. The molecule has 0 aliphatic heterocycles. The minimum Gasteiger partial charge on any atom is -0.272 e. The lowest BCUT2D eigenvalue weighted by Crippen LogP contribution is -2.01. The van der Waals surface area contributed by atoms with Crippen molar-refractivity contribution >= 4 is 0 Å². The minimum absolute atomic E-state index is 0.713. The van der Waals surface area contributed by atoms with Crippen molar-refractivity contribution in [3.63, 3.8) is 0 Å². The zero-order valence-electron chi connectivity index (χ0n) is 9.76. The van der Waals surface area contributed by atoms with E-state index in [0.717, 1.165) is 12.1 Å². The van der Waals surface area contributed by atoms with Crippen molar-refractivity contribution in [3.05, 3.63) is 17.5 Å². The van der Waals surface area contributed by atoms with Gasteiger partial charge in [-0.3, -0.25) is 4.68 Å². The lowest BCUT2D eigenvalue weighted by Gasteiger charge is -2.03. The summed E-state index contributed by atoms with van der Waals surface area (Å²) in [6.07, 6.45) is 1.12. The number of hydrogen-bond acceptors (Lipinski definition) is 1. The van der Waals surface area contributed by atoms with Gasteiger partial charge < -0.3 is 0 Å². The highest BCUT2D eigenvalue weighted by Gasteiger charge is 2.03. The molecule has 1 heterocycles. The molecule has 0 aliphatic carbocycles. The summed E-state index contributed by atoms with van der Waals surface area (Å²) in [5.41, 5.74) is 2.45. The highest BCUT2D eigenvalue weighted by atomic mass is 15.3. The number of nitrogens with zero attached hydrogens (tertiary/aromatic N) is 2. The van der Waals surface area contributed by atoms with E-state index in [1.165, 1.54) is 5.69 Å². The van der Waals surface area contributed by atoms with Crippen LogP contribution >= 0.6 is 0 Å². The molecular weight excluding hydrogens is 160 g/mol. The molecule has 0 aromatic carbocycles. The first-order chi connectivity index (χ1) is 6.09. The molecule has 0 radical (unpaired) electrons. The predicted molar refractivity (Wildman–Crippen MR) is 57.8 cm³/mol. The van der Waals surface area contributed by atoms with Gasteiger partial charge >= 0.3 is 0 Å². The molecule has 0 aliphatic rings. The second-order valence-corrected chi connectivity index (χ2v) is 3.50. The van der Waals surface area contributed by atoms with Crippen molar-refractivity contribution < 1.29 is 0 Å². The average molecular weight is 182 g/mol. The van der Waals surface area contributed by atoms with Crippen LogP contribution in [0.15, 0.2) is 6.07 Å². The Balaban J connectivity index is 0.000000671. The summed E-state index contributed by atoms with van der Waals surface area (Å²) >= 11 is 0. The van der Waals surface area contributed by atoms with Crippen LogP contribution in [0.1, 0.15) is 39.1 Å². The first kappa shape index (κ1) is 12.2. The third-order valence-electron chi connectivity index (χ3n) is 1.72. The summed E-state index contributed by atoms with van der Waals surface area (Å²) in [6, 6.07) is 2.15. The summed E-state index contributed by atoms with van der Waals surface area (Å²) in [7, 11) is 2.00. The average Bonchev–Trinajstić information content (AvgIpc) is 2.33. The third-order valence-corrected chi connectivity index (χ3v) is 1.72. The van der Waals surface area contributed by atoms with Gasteiger partial charge in [-0.25, -0.2) is 0 Å². The highest BCUT2D eigenvalue weighted by molar-refractivity contribution is 5.08. The topological polar surface area (TPSA) is 17.8 Å². The molecule has 0 amide bonds.